The molecule has 2 heterocycles. The van der Waals surface area contributed by atoms with Crippen molar-refractivity contribution >= 4 is 17.5 Å². The highest BCUT2D eigenvalue weighted by Crippen LogP contribution is 2.31. The molecule has 4 nitrogen and oxygen atoms in total. The molecule has 1 N–H and O–H groups in total. The number of nitrogens with zero attached hydrogens (tertiary/aromatic N) is 2. The van der Waals surface area contributed by atoms with Crippen molar-refractivity contribution in [1.29, 1.82) is 0 Å². The predicted octanol–water partition coefficient (Wildman–Crippen LogP) is 3.47. The quantitative estimate of drug-likeness (QED) is 0.930. The minimum Gasteiger partial charge on any atom is -0.311 e. The van der Waals surface area contributed by atoms with Gasteiger partial charge in [0.2, 0.25) is 0 Å². The fourth-order valence-electron chi connectivity index (χ4n) is 3.30. The van der Waals surface area contributed by atoms with E-state index in [0.29, 0.717) is 11.6 Å². The molecule has 0 saturated carbocycles. The second kappa shape index (κ2) is 6.30. The van der Waals surface area contributed by atoms with E-state index in [0.717, 1.165) is 12.0 Å². The number of halogens is 1. The monoisotopic (exact) mass is 339 g/mol. The van der Waals surface area contributed by atoms with E-state index < -0.39 is 0 Å². The van der Waals surface area contributed by atoms with Gasteiger partial charge in [-0.3, -0.25) is 4.79 Å². The summed E-state index contributed by atoms with van der Waals surface area (Å²) in [6.07, 6.45) is 4.54. The molecule has 1 amide bonds. The Balaban J connectivity index is 1.49. The van der Waals surface area contributed by atoms with E-state index in [2.05, 4.69) is 17.6 Å². The van der Waals surface area contributed by atoms with Crippen molar-refractivity contribution in [2.24, 2.45) is 0 Å². The lowest BCUT2D eigenvalue weighted by Crippen LogP contribution is -2.47. The van der Waals surface area contributed by atoms with Gasteiger partial charge in [0.15, 0.2) is 0 Å². The highest BCUT2D eigenvalue weighted by molar-refractivity contribution is 6.30. The fraction of sp³-hybridized carbons (Fsp3) is 0.211. The molecule has 0 radical (unpaired) electrons. The predicted molar refractivity (Wildman–Crippen MR) is 93.7 cm³/mol. The molecule has 0 aromatic heterocycles. The van der Waals surface area contributed by atoms with Gasteiger partial charge in [-0.2, -0.15) is 0 Å². The first-order valence-electron chi connectivity index (χ1n) is 8.03. The smallest absolute Gasteiger partial charge is 0.251 e. The number of carbonyl (C=O) groups excluding carboxylic acids is 1. The van der Waals surface area contributed by atoms with Crippen LogP contribution in [0.4, 0.5) is 0 Å². The maximum atomic E-state index is 12.8. The Morgan fingerprint density at radius 1 is 1.08 bits per heavy atom. The first kappa shape index (κ1) is 15.2. The Kier molecular flexibility index (Phi) is 4.00. The molecule has 2 aromatic rings. The van der Waals surface area contributed by atoms with Crippen LogP contribution in [0.15, 0.2) is 67.0 Å². The van der Waals surface area contributed by atoms with Crippen LogP contribution in [0.3, 0.4) is 0 Å². The molecule has 0 bridgehead atoms. The van der Waals surface area contributed by atoms with Crippen LogP contribution in [-0.4, -0.2) is 21.9 Å². The van der Waals surface area contributed by atoms with Crippen molar-refractivity contribution in [3.05, 3.63) is 83.1 Å². The molecule has 5 heteroatoms. The van der Waals surface area contributed by atoms with E-state index in [9.17, 15) is 4.79 Å². The second-order valence-electron chi connectivity index (χ2n) is 6.15. The van der Waals surface area contributed by atoms with Crippen LogP contribution in [0.25, 0.3) is 0 Å². The van der Waals surface area contributed by atoms with Gasteiger partial charge in [-0.25, -0.2) is 5.43 Å². The van der Waals surface area contributed by atoms with Crippen molar-refractivity contribution in [3.63, 3.8) is 0 Å². The van der Waals surface area contributed by atoms with Crippen LogP contribution in [0.1, 0.15) is 23.6 Å². The van der Waals surface area contributed by atoms with Crippen LogP contribution >= 0.6 is 11.6 Å². The van der Waals surface area contributed by atoms with Gasteiger partial charge >= 0.3 is 0 Å². The van der Waals surface area contributed by atoms with Gasteiger partial charge < -0.3 is 9.91 Å². The highest BCUT2D eigenvalue weighted by Gasteiger charge is 2.39. The Labute approximate surface area is 146 Å². The Morgan fingerprint density at radius 2 is 1.92 bits per heavy atom. The molecule has 24 heavy (non-hydrogen) atoms. The number of carbonyl (C=O) groups is 1. The van der Waals surface area contributed by atoms with E-state index >= 15 is 0 Å². The second-order valence-corrected chi connectivity index (χ2v) is 6.58. The summed E-state index contributed by atoms with van der Waals surface area (Å²) >= 11 is 6.04. The third-order valence-electron chi connectivity index (χ3n) is 4.52. The molecule has 2 aliphatic heterocycles. The molecule has 2 unspecified atom stereocenters. The zero-order chi connectivity index (χ0) is 16.5. The van der Waals surface area contributed by atoms with E-state index in [1.807, 2.05) is 59.9 Å². The van der Waals surface area contributed by atoms with Crippen LogP contribution in [0, 0.1) is 0 Å². The van der Waals surface area contributed by atoms with Gasteiger partial charge in [-0.1, -0.05) is 54.1 Å². The summed E-state index contributed by atoms with van der Waals surface area (Å²) in [5, 5.41) is 2.61. The zero-order valence-electron chi connectivity index (χ0n) is 13.1. The molecule has 4 rings (SSSR count). The molecule has 2 atom stereocenters. The summed E-state index contributed by atoms with van der Waals surface area (Å²) < 4.78 is 0. The normalized spacial score (nSPS) is 22.8. The molecule has 1 fully saturated rings. The minimum atomic E-state index is -0.167. The van der Waals surface area contributed by atoms with Crippen molar-refractivity contribution in [1.82, 2.24) is 15.3 Å². The average molecular weight is 340 g/mol. The lowest BCUT2D eigenvalue weighted by atomic mass is 10.0. The number of hydrazine groups is 1. The third kappa shape index (κ3) is 2.90. The van der Waals surface area contributed by atoms with Gasteiger partial charge in [0.25, 0.3) is 5.91 Å². The van der Waals surface area contributed by atoms with Gasteiger partial charge in [-0.05, 0) is 29.7 Å². The molecule has 2 aromatic carbocycles. The molecule has 122 valence electrons. The Bertz CT molecular complexity index is 777. The number of hydrogen-bond acceptors (Lipinski definition) is 3. The largest absolute Gasteiger partial charge is 0.311 e. The van der Waals surface area contributed by atoms with Gasteiger partial charge in [-0.15, -0.1) is 0 Å². The van der Waals surface area contributed by atoms with E-state index in [4.69, 9.17) is 11.6 Å². The summed E-state index contributed by atoms with van der Waals surface area (Å²) in [5.41, 5.74) is 5.64. The van der Waals surface area contributed by atoms with Crippen LogP contribution in [0.5, 0.6) is 0 Å². The summed E-state index contributed by atoms with van der Waals surface area (Å²) in [5.74, 6) is 0.114. The Morgan fingerprint density at radius 3 is 2.71 bits per heavy atom. The Hall–Kier alpha value is -2.30. The number of nitrogens with one attached hydrogen (secondary N) is 1. The van der Waals surface area contributed by atoms with Crippen molar-refractivity contribution < 1.29 is 4.79 Å². The minimum absolute atomic E-state index is 0.114. The summed E-state index contributed by atoms with van der Waals surface area (Å²) in [6.45, 7) is 0.538. The standard InChI is InChI=1S/C19H18ClN3O/c20-16-8-4-5-14(11-16)13-22-9-10-23-18(19(22)24)12-17(21-23)15-6-2-1-3-7-15/h1-11,17-18,21H,12-13H2. The van der Waals surface area contributed by atoms with Crippen LogP contribution in [0.2, 0.25) is 5.02 Å². The first-order chi connectivity index (χ1) is 11.7. The SMILES string of the molecule is O=C1C2CC(c3ccccc3)NN2C=CN1Cc1cccc(Cl)c1. The van der Waals surface area contributed by atoms with E-state index in [-0.39, 0.29) is 18.0 Å². The van der Waals surface area contributed by atoms with E-state index in [1.54, 1.807) is 4.90 Å². The topological polar surface area (TPSA) is 35.6 Å². The number of rotatable bonds is 3. The van der Waals surface area contributed by atoms with Crippen molar-refractivity contribution in [3.8, 4) is 0 Å². The lowest BCUT2D eigenvalue weighted by Gasteiger charge is -2.31. The number of hydrogen-bond donors (Lipinski definition) is 1. The van der Waals surface area contributed by atoms with E-state index in [1.165, 1.54) is 5.56 Å². The van der Waals surface area contributed by atoms with Crippen LogP contribution < -0.4 is 5.43 Å². The highest BCUT2D eigenvalue weighted by atomic mass is 35.5. The van der Waals surface area contributed by atoms with Crippen molar-refractivity contribution in [2.45, 2.75) is 25.0 Å². The molecule has 0 aliphatic carbocycles. The molecule has 0 spiro atoms. The average Bonchev–Trinajstić information content (AvgIpc) is 3.03. The molecular weight excluding hydrogens is 322 g/mol. The maximum absolute atomic E-state index is 12.8. The molecule has 1 saturated heterocycles. The number of benzene rings is 2. The van der Waals surface area contributed by atoms with Gasteiger partial charge in [0, 0.05) is 17.4 Å². The maximum Gasteiger partial charge on any atom is 0.251 e. The third-order valence-corrected chi connectivity index (χ3v) is 4.75. The number of fused-ring (bicyclic) bond motifs is 1. The summed E-state index contributed by atoms with van der Waals surface area (Å²) in [6, 6.07) is 17.9. The molecule has 2 aliphatic rings. The van der Waals surface area contributed by atoms with Crippen molar-refractivity contribution in [2.75, 3.05) is 0 Å². The zero-order valence-corrected chi connectivity index (χ0v) is 13.9. The number of amides is 1. The lowest BCUT2D eigenvalue weighted by molar-refractivity contribution is -0.134. The van der Waals surface area contributed by atoms with Crippen LogP contribution in [-0.2, 0) is 11.3 Å². The van der Waals surface area contributed by atoms with Gasteiger partial charge in [0.1, 0.15) is 6.04 Å². The summed E-state index contributed by atoms with van der Waals surface area (Å²) in [4.78, 5) is 14.6. The van der Waals surface area contributed by atoms with Gasteiger partial charge in [0.05, 0.1) is 12.6 Å². The first-order valence-corrected chi connectivity index (χ1v) is 8.41. The summed E-state index contributed by atoms with van der Waals surface area (Å²) in [7, 11) is 0. The fourth-order valence-corrected chi connectivity index (χ4v) is 3.51. The molecular formula is C19H18ClN3O.